The van der Waals surface area contributed by atoms with E-state index in [1.807, 2.05) is 31.2 Å². The normalized spacial score (nSPS) is 20.2. The van der Waals surface area contributed by atoms with Crippen LogP contribution in [0.25, 0.3) is 10.9 Å². The first-order valence-corrected chi connectivity index (χ1v) is 7.20. The molecule has 23 heavy (non-hydrogen) atoms. The zero-order valence-electron chi connectivity index (χ0n) is 12.8. The van der Waals surface area contributed by atoms with Gasteiger partial charge in [0.25, 0.3) is 0 Å². The van der Waals surface area contributed by atoms with E-state index in [4.69, 9.17) is 4.74 Å². The maximum atomic E-state index is 12.2. The highest BCUT2D eigenvalue weighted by Crippen LogP contribution is 2.12. The van der Waals surface area contributed by atoms with E-state index in [1.165, 1.54) is 0 Å². The number of nitrogens with one attached hydrogen (secondary N) is 2. The van der Waals surface area contributed by atoms with Gasteiger partial charge in [-0.15, -0.1) is 24.8 Å². The average Bonchev–Trinajstić information content (AvgIpc) is 2.53. The molecule has 0 bridgehead atoms. The van der Waals surface area contributed by atoms with Gasteiger partial charge < -0.3 is 15.4 Å². The fourth-order valence-corrected chi connectivity index (χ4v) is 2.54. The van der Waals surface area contributed by atoms with Gasteiger partial charge in [-0.25, -0.2) is 0 Å². The number of aromatic nitrogens is 1. The van der Waals surface area contributed by atoms with E-state index in [0.29, 0.717) is 19.7 Å². The molecule has 1 aliphatic heterocycles. The van der Waals surface area contributed by atoms with Gasteiger partial charge in [0, 0.05) is 24.7 Å². The summed E-state index contributed by atoms with van der Waals surface area (Å²) < 4.78 is 5.49. The van der Waals surface area contributed by atoms with Crippen molar-refractivity contribution in [2.24, 2.45) is 0 Å². The summed E-state index contributed by atoms with van der Waals surface area (Å²) in [6.07, 6.45) is 1.70. The van der Waals surface area contributed by atoms with Crippen LogP contribution in [0.5, 0.6) is 0 Å². The maximum Gasteiger partial charge on any atom is 0.240 e. The molecule has 2 atom stereocenters. The van der Waals surface area contributed by atoms with Crippen LogP contribution in [0.4, 0.5) is 0 Å². The van der Waals surface area contributed by atoms with Crippen molar-refractivity contribution in [3.05, 3.63) is 42.1 Å². The zero-order chi connectivity index (χ0) is 14.7. The van der Waals surface area contributed by atoms with E-state index in [0.717, 1.165) is 16.5 Å². The third-order valence-corrected chi connectivity index (χ3v) is 3.71. The van der Waals surface area contributed by atoms with Crippen molar-refractivity contribution in [2.45, 2.75) is 25.6 Å². The van der Waals surface area contributed by atoms with Gasteiger partial charge in [0.05, 0.1) is 18.2 Å². The standard InChI is InChI=1S/C16H19N3O2.2ClH/c1-11-15(17-6-7-21-11)16(20)19-10-12-8-13-4-2-3-5-14(13)18-9-12;;/h2-5,8-9,11,15,17H,6-7,10H2,1H3,(H,19,20);2*1H/t11-,15+;;/m1../s1. The lowest BCUT2D eigenvalue weighted by Gasteiger charge is -2.29. The number of nitrogens with zero attached hydrogens (tertiary/aromatic N) is 1. The third-order valence-electron chi connectivity index (χ3n) is 3.71. The number of benzene rings is 1. The van der Waals surface area contributed by atoms with E-state index in [2.05, 4.69) is 21.7 Å². The van der Waals surface area contributed by atoms with E-state index >= 15 is 0 Å². The summed E-state index contributed by atoms with van der Waals surface area (Å²) in [5.41, 5.74) is 1.95. The molecule has 7 heteroatoms. The van der Waals surface area contributed by atoms with Crippen LogP contribution in [-0.4, -0.2) is 36.2 Å². The van der Waals surface area contributed by atoms with Crippen LogP contribution in [-0.2, 0) is 16.1 Å². The molecule has 5 nitrogen and oxygen atoms in total. The van der Waals surface area contributed by atoms with Crippen molar-refractivity contribution in [3.63, 3.8) is 0 Å². The van der Waals surface area contributed by atoms with E-state index in [9.17, 15) is 4.79 Å². The summed E-state index contributed by atoms with van der Waals surface area (Å²) in [5, 5.41) is 7.20. The van der Waals surface area contributed by atoms with Gasteiger partial charge in [-0.05, 0) is 24.6 Å². The fourth-order valence-electron chi connectivity index (χ4n) is 2.54. The van der Waals surface area contributed by atoms with Crippen LogP contribution in [0.15, 0.2) is 36.5 Å². The Morgan fingerprint density at radius 2 is 2.17 bits per heavy atom. The number of ether oxygens (including phenoxy) is 1. The van der Waals surface area contributed by atoms with Gasteiger partial charge in [-0.3, -0.25) is 9.78 Å². The van der Waals surface area contributed by atoms with Gasteiger partial charge in [-0.2, -0.15) is 0 Å². The van der Waals surface area contributed by atoms with Gasteiger partial charge in [-0.1, -0.05) is 18.2 Å². The number of halogens is 2. The first-order valence-electron chi connectivity index (χ1n) is 7.20. The largest absolute Gasteiger partial charge is 0.375 e. The molecule has 1 fully saturated rings. The maximum absolute atomic E-state index is 12.2. The summed E-state index contributed by atoms with van der Waals surface area (Å²) in [6, 6.07) is 9.71. The second-order valence-corrected chi connectivity index (χ2v) is 5.26. The van der Waals surface area contributed by atoms with Gasteiger partial charge in [0.15, 0.2) is 0 Å². The monoisotopic (exact) mass is 357 g/mol. The summed E-state index contributed by atoms with van der Waals surface area (Å²) in [5.74, 6) is -0.0321. The molecule has 0 spiro atoms. The molecule has 1 aromatic carbocycles. The van der Waals surface area contributed by atoms with Crippen molar-refractivity contribution < 1.29 is 9.53 Å². The lowest BCUT2D eigenvalue weighted by atomic mass is 10.1. The average molecular weight is 358 g/mol. The Morgan fingerprint density at radius 1 is 1.39 bits per heavy atom. The number of amides is 1. The van der Waals surface area contributed by atoms with E-state index in [-0.39, 0.29) is 42.9 Å². The molecule has 1 amide bonds. The van der Waals surface area contributed by atoms with Gasteiger partial charge >= 0.3 is 0 Å². The first kappa shape index (κ1) is 19.6. The highest BCUT2D eigenvalue weighted by molar-refractivity contribution is 5.85. The third kappa shape index (κ3) is 4.78. The molecule has 1 aliphatic rings. The minimum atomic E-state index is -0.285. The number of hydrogen-bond acceptors (Lipinski definition) is 4. The summed E-state index contributed by atoms with van der Waals surface area (Å²) in [7, 11) is 0. The Kier molecular flexibility index (Phi) is 7.72. The molecular weight excluding hydrogens is 337 g/mol. The van der Waals surface area contributed by atoms with Crippen LogP contribution in [0.1, 0.15) is 12.5 Å². The molecule has 1 saturated heterocycles. The second-order valence-electron chi connectivity index (χ2n) is 5.26. The topological polar surface area (TPSA) is 63.2 Å². The Labute approximate surface area is 148 Å². The summed E-state index contributed by atoms with van der Waals surface area (Å²) >= 11 is 0. The van der Waals surface area contributed by atoms with Crippen molar-refractivity contribution in [1.29, 1.82) is 0 Å². The highest BCUT2D eigenvalue weighted by Gasteiger charge is 2.27. The van der Waals surface area contributed by atoms with Crippen molar-refractivity contribution >= 4 is 41.6 Å². The minimum absolute atomic E-state index is 0. The fraction of sp³-hybridized carbons (Fsp3) is 0.375. The van der Waals surface area contributed by atoms with Crippen LogP contribution in [0, 0.1) is 0 Å². The number of pyridine rings is 1. The molecule has 2 heterocycles. The molecular formula is C16H21Cl2N3O2. The predicted octanol–water partition coefficient (Wildman–Crippen LogP) is 2.07. The Morgan fingerprint density at radius 3 is 2.96 bits per heavy atom. The number of hydrogen-bond donors (Lipinski definition) is 2. The van der Waals surface area contributed by atoms with Crippen molar-refractivity contribution in [1.82, 2.24) is 15.6 Å². The smallest absolute Gasteiger partial charge is 0.240 e. The zero-order valence-corrected chi connectivity index (χ0v) is 14.5. The van der Waals surface area contributed by atoms with E-state index in [1.54, 1.807) is 6.20 Å². The molecule has 2 aromatic rings. The number of morpholine rings is 1. The molecule has 2 N–H and O–H groups in total. The number of para-hydroxylation sites is 1. The molecule has 0 unspecified atom stereocenters. The second kappa shape index (κ2) is 9.03. The summed E-state index contributed by atoms with van der Waals surface area (Å²) in [4.78, 5) is 16.6. The number of rotatable bonds is 3. The van der Waals surface area contributed by atoms with Crippen molar-refractivity contribution in [2.75, 3.05) is 13.2 Å². The Bertz CT molecular complexity index is 654. The minimum Gasteiger partial charge on any atom is -0.375 e. The van der Waals surface area contributed by atoms with Crippen molar-refractivity contribution in [3.8, 4) is 0 Å². The molecule has 0 aliphatic carbocycles. The lowest BCUT2D eigenvalue weighted by molar-refractivity contribution is -0.129. The predicted molar refractivity (Wildman–Crippen MR) is 95.3 cm³/mol. The lowest BCUT2D eigenvalue weighted by Crippen LogP contribution is -2.55. The van der Waals surface area contributed by atoms with E-state index < -0.39 is 0 Å². The van der Waals surface area contributed by atoms with Gasteiger partial charge in [0.1, 0.15) is 6.04 Å². The molecule has 0 saturated carbocycles. The van der Waals surface area contributed by atoms with Gasteiger partial charge in [0.2, 0.25) is 5.91 Å². The van der Waals surface area contributed by atoms with Crippen LogP contribution >= 0.6 is 24.8 Å². The van der Waals surface area contributed by atoms with Crippen LogP contribution in [0.2, 0.25) is 0 Å². The Balaban J connectivity index is 0.00000132. The number of carbonyl (C=O) groups is 1. The quantitative estimate of drug-likeness (QED) is 0.882. The number of fused-ring (bicyclic) bond motifs is 1. The molecule has 0 radical (unpaired) electrons. The first-order chi connectivity index (χ1) is 10.2. The molecule has 3 rings (SSSR count). The number of carbonyl (C=O) groups excluding carboxylic acids is 1. The van der Waals surface area contributed by atoms with Crippen LogP contribution in [0.3, 0.4) is 0 Å². The molecule has 126 valence electrons. The SMILES string of the molecule is C[C@H]1OCCN[C@@H]1C(=O)NCc1cnc2ccccc2c1.Cl.Cl. The summed E-state index contributed by atoms with van der Waals surface area (Å²) in [6.45, 7) is 3.75. The van der Waals surface area contributed by atoms with Crippen LogP contribution < -0.4 is 10.6 Å². The highest BCUT2D eigenvalue weighted by atomic mass is 35.5. The Hall–Kier alpha value is -1.40. The molecule has 1 aromatic heterocycles.